The van der Waals surface area contributed by atoms with Gasteiger partial charge in [-0.3, -0.25) is 19.4 Å². The Kier molecular flexibility index (Phi) is 5.21. The third kappa shape index (κ3) is 4.02. The van der Waals surface area contributed by atoms with E-state index in [4.69, 9.17) is 0 Å². The van der Waals surface area contributed by atoms with Crippen LogP contribution in [0.25, 0.3) is 0 Å². The Morgan fingerprint density at radius 3 is 2.50 bits per heavy atom. The van der Waals surface area contributed by atoms with Crippen molar-refractivity contribution in [3.8, 4) is 0 Å². The molecule has 0 aliphatic carbocycles. The number of anilines is 1. The zero-order valence-corrected chi connectivity index (χ0v) is 13.9. The summed E-state index contributed by atoms with van der Waals surface area (Å²) in [6.45, 7) is 1.80. The standard InChI is InChI=1S/C18H17FN4O3/c19-15-2-1-3-16(9-15)21-17(25)13-8-14(11-20-10-13)18(26)23-6-4-22(12-24)5-7-23/h1-3,8-12H,4-7H2,(H,21,25). The van der Waals surface area contributed by atoms with Gasteiger partial charge in [0, 0.05) is 44.3 Å². The fourth-order valence-electron chi connectivity index (χ4n) is 2.66. The van der Waals surface area contributed by atoms with Gasteiger partial charge in [-0.1, -0.05) is 6.07 Å². The molecule has 26 heavy (non-hydrogen) atoms. The topological polar surface area (TPSA) is 82.6 Å². The van der Waals surface area contributed by atoms with E-state index in [1.807, 2.05) is 0 Å². The number of carbonyl (C=O) groups excluding carboxylic acids is 3. The van der Waals surface area contributed by atoms with E-state index in [9.17, 15) is 18.8 Å². The Labute approximate surface area is 149 Å². The van der Waals surface area contributed by atoms with E-state index in [-0.39, 0.29) is 17.0 Å². The molecule has 0 radical (unpaired) electrons. The summed E-state index contributed by atoms with van der Waals surface area (Å²) >= 11 is 0. The number of hydrogen-bond donors (Lipinski definition) is 1. The van der Waals surface area contributed by atoms with Crippen LogP contribution in [0.15, 0.2) is 42.7 Å². The lowest BCUT2D eigenvalue weighted by Gasteiger charge is -2.32. The molecular weight excluding hydrogens is 339 g/mol. The summed E-state index contributed by atoms with van der Waals surface area (Å²) in [5.41, 5.74) is 0.805. The van der Waals surface area contributed by atoms with Gasteiger partial charge in [-0.15, -0.1) is 0 Å². The normalized spacial score (nSPS) is 14.0. The first kappa shape index (κ1) is 17.5. The SMILES string of the molecule is O=CN1CCN(C(=O)c2cncc(C(=O)Nc3cccc(F)c3)c2)CC1. The molecule has 134 valence electrons. The van der Waals surface area contributed by atoms with Crippen LogP contribution in [0.1, 0.15) is 20.7 Å². The van der Waals surface area contributed by atoms with Gasteiger partial charge < -0.3 is 15.1 Å². The summed E-state index contributed by atoms with van der Waals surface area (Å²) in [7, 11) is 0. The van der Waals surface area contributed by atoms with Crippen molar-refractivity contribution in [3.63, 3.8) is 0 Å². The molecule has 0 spiro atoms. The Hall–Kier alpha value is -3.29. The van der Waals surface area contributed by atoms with Crippen LogP contribution in [-0.4, -0.2) is 59.2 Å². The molecule has 1 aromatic carbocycles. The first-order chi connectivity index (χ1) is 12.6. The molecule has 2 aromatic rings. The molecule has 1 fully saturated rings. The monoisotopic (exact) mass is 356 g/mol. The van der Waals surface area contributed by atoms with Gasteiger partial charge in [0.25, 0.3) is 11.8 Å². The Bertz CT molecular complexity index is 835. The van der Waals surface area contributed by atoms with Gasteiger partial charge in [0.05, 0.1) is 11.1 Å². The van der Waals surface area contributed by atoms with Gasteiger partial charge in [-0.05, 0) is 24.3 Å². The minimum atomic E-state index is -0.483. The number of nitrogens with zero attached hydrogens (tertiary/aromatic N) is 3. The second kappa shape index (κ2) is 7.73. The molecule has 2 heterocycles. The van der Waals surface area contributed by atoms with Gasteiger partial charge in [-0.2, -0.15) is 0 Å². The van der Waals surface area contributed by atoms with E-state index in [2.05, 4.69) is 10.3 Å². The van der Waals surface area contributed by atoms with Crippen molar-refractivity contribution in [1.29, 1.82) is 0 Å². The summed E-state index contributed by atoms with van der Waals surface area (Å²) in [5, 5.41) is 2.57. The van der Waals surface area contributed by atoms with E-state index < -0.39 is 11.7 Å². The lowest BCUT2D eigenvalue weighted by Crippen LogP contribution is -2.48. The maximum Gasteiger partial charge on any atom is 0.257 e. The van der Waals surface area contributed by atoms with Crippen LogP contribution in [0, 0.1) is 5.82 Å². The smallest absolute Gasteiger partial charge is 0.257 e. The Morgan fingerprint density at radius 2 is 1.81 bits per heavy atom. The number of amides is 3. The maximum absolute atomic E-state index is 13.2. The molecule has 1 aliphatic heterocycles. The van der Waals surface area contributed by atoms with Crippen molar-refractivity contribution in [2.45, 2.75) is 0 Å². The van der Waals surface area contributed by atoms with Crippen LogP contribution in [0.4, 0.5) is 10.1 Å². The van der Waals surface area contributed by atoms with Crippen molar-refractivity contribution in [1.82, 2.24) is 14.8 Å². The Morgan fingerprint density at radius 1 is 1.08 bits per heavy atom. The van der Waals surface area contributed by atoms with Crippen molar-refractivity contribution >= 4 is 23.9 Å². The first-order valence-corrected chi connectivity index (χ1v) is 8.07. The molecule has 7 nitrogen and oxygen atoms in total. The second-order valence-corrected chi connectivity index (χ2v) is 5.86. The van der Waals surface area contributed by atoms with Gasteiger partial charge >= 0.3 is 0 Å². The molecule has 1 saturated heterocycles. The largest absolute Gasteiger partial charge is 0.342 e. The number of halogens is 1. The molecule has 1 aliphatic rings. The number of rotatable bonds is 4. The van der Waals surface area contributed by atoms with E-state index >= 15 is 0 Å². The molecule has 0 unspecified atom stereocenters. The quantitative estimate of drug-likeness (QED) is 0.839. The first-order valence-electron chi connectivity index (χ1n) is 8.07. The predicted octanol–water partition coefficient (Wildman–Crippen LogP) is 1.39. The van der Waals surface area contributed by atoms with Crippen LogP contribution in [0.5, 0.6) is 0 Å². The lowest BCUT2D eigenvalue weighted by molar-refractivity contribution is -0.119. The van der Waals surface area contributed by atoms with Gasteiger partial charge in [0.1, 0.15) is 5.82 Å². The highest BCUT2D eigenvalue weighted by Crippen LogP contribution is 2.13. The number of hydrogen-bond acceptors (Lipinski definition) is 4. The van der Waals surface area contributed by atoms with Crippen LogP contribution in [-0.2, 0) is 4.79 Å². The van der Waals surface area contributed by atoms with Crippen molar-refractivity contribution in [3.05, 3.63) is 59.7 Å². The average molecular weight is 356 g/mol. The maximum atomic E-state index is 13.2. The highest BCUT2D eigenvalue weighted by Gasteiger charge is 2.22. The second-order valence-electron chi connectivity index (χ2n) is 5.86. The average Bonchev–Trinajstić information content (AvgIpc) is 2.67. The van der Waals surface area contributed by atoms with Crippen molar-refractivity contribution < 1.29 is 18.8 Å². The number of benzene rings is 1. The number of pyridine rings is 1. The molecule has 0 bridgehead atoms. The van der Waals surface area contributed by atoms with Gasteiger partial charge in [0.2, 0.25) is 6.41 Å². The molecule has 1 N–H and O–H groups in total. The summed E-state index contributed by atoms with van der Waals surface area (Å²) in [6.07, 6.45) is 3.50. The number of nitrogens with one attached hydrogen (secondary N) is 1. The molecule has 0 atom stereocenters. The van der Waals surface area contributed by atoms with Crippen LogP contribution in [0.3, 0.4) is 0 Å². The molecular formula is C18H17FN4O3. The van der Waals surface area contributed by atoms with Crippen LogP contribution >= 0.6 is 0 Å². The highest BCUT2D eigenvalue weighted by atomic mass is 19.1. The molecule has 1 aromatic heterocycles. The van der Waals surface area contributed by atoms with E-state index in [1.54, 1.807) is 15.9 Å². The minimum absolute atomic E-state index is 0.201. The minimum Gasteiger partial charge on any atom is -0.342 e. The van der Waals surface area contributed by atoms with Crippen LogP contribution in [0.2, 0.25) is 0 Å². The fourth-order valence-corrected chi connectivity index (χ4v) is 2.66. The molecule has 3 amide bonds. The predicted molar refractivity (Wildman–Crippen MR) is 92.1 cm³/mol. The summed E-state index contributed by atoms with van der Waals surface area (Å²) in [6, 6.07) is 6.99. The van der Waals surface area contributed by atoms with Crippen molar-refractivity contribution in [2.75, 3.05) is 31.5 Å². The van der Waals surface area contributed by atoms with E-state index in [1.165, 1.54) is 36.7 Å². The zero-order chi connectivity index (χ0) is 18.5. The van der Waals surface area contributed by atoms with Crippen LogP contribution < -0.4 is 5.32 Å². The summed E-state index contributed by atoms with van der Waals surface area (Å²) in [5.74, 6) is -1.19. The van der Waals surface area contributed by atoms with E-state index in [0.717, 1.165) is 6.41 Å². The molecule has 3 rings (SSSR count). The van der Waals surface area contributed by atoms with Gasteiger partial charge in [0.15, 0.2) is 0 Å². The van der Waals surface area contributed by atoms with Crippen molar-refractivity contribution in [2.24, 2.45) is 0 Å². The number of piperazine rings is 1. The lowest BCUT2D eigenvalue weighted by atomic mass is 10.1. The third-order valence-corrected chi connectivity index (χ3v) is 4.08. The van der Waals surface area contributed by atoms with E-state index in [0.29, 0.717) is 31.9 Å². The fraction of sp³-hybridized carbons (Fsp3) is 0.222. The molecule has 0 saturated carbocycles. The highest BCUT2D eigenvalue weighted by molar-refractivity contribution is 6.05. The molecule has 8 heteroatoms. The summed E-state index contributed by atoms with van der Waals surface area (Å²) in [4.78, 5) is 42.8. The number of aromatic nitrogens is 1. The summed E-state index contributed by atoms with van der Waals surface area (Å²) < 4.78 is 13.2. The Balaban J connectivity index is 1.70. The zero-order valence-electron chi connectivity index (χ0n) is 13.9. The number of carbonyl (C=O) groups is 3. The van der Waals surface area contributed by atoms with Gasteiger partial charge in [-0.25, -0.2) is 4.39 Å². The third-order valence-electron chi connectivity index (χ3n) is 4.08.